The van der Waals surface area contributed by atoms with Crippen molar-refractivity contribution >= 4 is 49.7 Å². The Morgan fingerprint density at radius 1 is 1.21 bits per heavy atom. The number of sulfone groups is 1. The van der Waals surface area contributed by atoms with E-state index in [2.05, 4.69) is 34.0 Å². The first kappa shape index (κ1) is 20.4. The summed E-state index contributed by atoms with van der Waals surface area (Å²) in [6, 6.07) is 9.67. The molecule has 2 aromatic rings. The summed E-state index contributed by atoms with van der Waals surface area (Å²) >= 11 is 3.22. The van der Waals surface area contributed by atoms with Gasteiger partial charge in [0.15, 0.2) is 15.0 Å². The molecule has 6 nitrogen and oxygen atoms in total. The molecule has 0 aliphatic carbocycles. The van der Waals surface area contributed by atoms with Crippen LogP contribution in [0.4, 0.5) is 5.69 Å². The predicted molar refractivity (Wildman–Crippen MR) is 121 cm³/mol. The third-order valence-corrected chi connectivity index (χ3v) is 9.25. The van der Waals surface area contributed by atoms with Gasteiger partial charge in [0.25, 0.3) is 0 Å². The number of amidine groups is 1. The van der Waals surface area contributed by atoms with Gasteiger partial charge in [-0.05, 0) is 48.1 Å². The number of anilines is 1. The lowest BCUT2D eigenvalue weighted by Gasteiger charge is -2.08. The summed E-state index contributed by atoms with van der Waals surface area (Å²) in [5, 5.41) is 9.11. The number of benzene rings is 1. The molecule has 29 heavy (non-hydrogen) atoms. The molecule has 0 bridgehead atoms. The van der Waals surface area contributed by atoms with Gasteiger partial charge >= 0.3 is 0 Å². The Balaban J connectivity index is 1.24. The van der Waals surface area contributed by atoms with Crippen LogP contribution in [-0.4, -0.2) is 48.8 Å². The Morgan fingerprint density at radius 2 is 2.00 bits per heavy atom. The lowest BCUT2D eigenvalue weighted by Crippen LogP contribution is -2.27. The van der Waals surface area contributed by atoms with E-state index in [-0.39, 0.29) is 28.7 Å². The molecule has 0 radical (unpaired) electrons. The zero-order valence-electron chi connectivity index (χ0n) is 16.1. The summed E-state index contributed by atoms with van der Waals surface area (Å²) in [7, 11) is -2.93. The number of hydrogen-bond acceptors (Lipinski definition) is 7. The van der Waals surface area contributed by atoms with Crippen LogP contribution in [0.25, 0.3) is 0 Å². The van der Waals surface area contributed by atoms with Crippen LogP contribution in [0.2, 0.25) is 0 Å². The highest BCUT2D eigenvalue weighted by Gasteiger charge is 2.42. The molecule has 1 aromatic carbocycles. The molecular weight excluding hydrogens is 426 g/mol. The van der Waals surface area contributed by atoms with Crippen LogP contribution in [-0.2, 0) is 27.5 Å². The maximum Gasteiger partial charge on any atom is 0.224 e. The van der Waals surface area contributed by atoms with Crippen molar-refractivity contribution in [3.63, 3.8) is 0 Å². The monoisotopic (exact) mass is 449 g/mol. The maximum absolute atomic E-state index is 12.2. The van der Waals surface area contributed by atoms with E-state index in [1.165, 1.54) is 22.2 Å². The van der Waals surface area contributed by atoms with Crippen molar-refractivity contribution in [3.8, 4) is 0 Å². The first-order chi connectivity index (χ1) is 13.9. The Morgan fingerprint density at radius 3 is 2.69 bits per heavy atom. The molecule has 0 unspecified atom stereocenters. The van der Waals surface area contributed by atoms with Crippen LogP contribution in [0.3, 0.4) is 0 Å². The SMILES string of the molecule is Cc1ccsc1CCNC(=O)Cc1ccc(NC2=N[C@@H]3CS(=O)(=O)C[C@@H]3S2)cc1. The van der Waals surface area contributed by atoms with Crippen molar-refractivity contribution in [2.45, 2.75) is 31.1 Å². The molecule has 1 amide bonds. The molecule has 4 rings (SSSR count). The molecule has 2 aliphatic rings. The van der Waals surface area contributed by atoms with Gasteiger partial charge in [0.05, 0.1) is 24.0 Å². The minimum absolute atomic E-state index is 0.0182. The quantitative estimate of drug-likeness (QED) is 0.708. The average Bonchev–Trinajstić information content (AvgIpc) is 3.29. The van der Waals surface area contributed by atoms with E-state index < -0.39 is 9.84 Å². The normalized spacial score (nSPS) is 22.2. The van der Waals surface area contributed by atoms with Crippen molar-refractivity contribution < 1.29 is 13.2 Å². The molecular formula is C20H23N3O3S3. The number of rotatable bonds is 6. The van der Waals surface area contributed by atoms with Gasteiger partial charge in [0.1, 0.15) is 0 Å². The highest BCUT2D eigenvalue weighted by atomic mass is 32.2. The molecule has 0 spiro atoms. The van der Waals surface area contributed by atoms with E-state index in [1.54, 1.807) is 11.3 Å². The second-order valence-electron chi connectivity index (χ2n) is 7.36. The number of nitrogens with zero attached hydrogens (tertiary/aromatic N) is 1. The van der Waals surface area contributed by atoms with Gasteiger partial charge in [0, 0.05) is 22.4 Å². The number of amides is 1. The molecule has 0 saturated carbocycles. The van der Waals surface area contributed by atoms with E-state index in [1.807, 2.05) is 24.3 Å². The molecule has 3 heterocycles. The summed E-state index contributed by atoms with van der Waals surface area (Å²) in [6.45, 7) is 2.74. The fourth-order valence-electron chi connectivity index (χ4n) is 3.47. The van der Waals surface area contributed by atoms with E-state index in [0.29, 0.717) is 13.0 Å². The number of nitrogens with one attached hydrogen (secondary N) is 2. The Labute approximate surface area is 179 Å². The van der Waals surface area contributed by atoms with Gasteiger partial charge in [0.2, 0.25) is 5.91 Å². The van der Waals surface area contributed by atoms with Crippen LogP contribution in [0.1, 0.15) is 16.0 Å². The van der Waals surface area contributed by atoms with E-state index in [9.17, 15) is 13.2 Å². The maximum atomic E-state index is 12.2. The van der Waals surface area contributed by atoms with Gasteiger partial charge in [-0.25, -0.2) is 8.42 Å². The topological polar surface area (TPSA) is 87.6 Å². The number of hydrogen-bond donors (Lipinski definition) is 2. The Bertz CT molecular complexity index is 1030. The second kappa shape index (κ2) is 8.49. The molecule has 1 saturated heterocycles. The van der Waals surface area contributed by atoms with Crippen molar-refractivity contribution in [1.82, 2.24) is 5.32 Å². The predicted octanol–water partition coefficient (Wildman–Crippen LogP) is 2.64. The van der Waals surface area contributed by atoms with Gasteiger partial charge in [-0.1, -0.05) is 23.9 Å². The molecule has 154 valence electrons. The summed E-state index contributed by atoms with van der Waals surface area (Å²) in [6.07, 6.45) is 1.21. The highest BCUT2D eigenvalue weighted by Crippen LogP contribution is 2.34. The standard InChI is InChI=1S/C20H23N3O3S3/c1-13-7-9-27-17(13)6-8-21-19(24)10-14-2-4-15(5-3-14)22-20-23-16-11-29(25,26)12-18(16)28-20/h2-5,7,9,16,18H,6,8,10-12H2,1H3,(H,21,24)(H,22,23)/t16-,18+/m1/s1. The fourth-order valence-corrected chi connectivity index (χ4v) is 8.06. The van der Waals surface area contributed by atoms with Gasteiger partial charge in [-0.3, -0.25) is 9.79 Å². The summed E-state index contributed by atoms with van der Waals surface area (Å²) in [5.41, 5.74) is 3.11. The largest absolute Gasteiger partial charge is 0.355 e. The number of aliphatic imine (C=N–C) groups is 1. The highest BCUT2D eigenvalue weighted by molar-refractivity contribution is 8.15. The third kappa shape index (κ3) is 5.21. The molecule has 9 heteroatoms. The van der Waals surface area contributed by atoms with E-state index >= 15 is 0 Å². The number of carbonyl (C=O) groups is 1. The lowest BCUT2D eigenvalue weighted by molar-refractivity contribution is -0.120. The second-order valence-corrected chi connectivity index (χ2v) is 11.7. The van der Waals surface area contributed by atoms with Crippen molar-refractivity contribution in [2.24, 2.45) is 4.99 Å². The van der Waals surface area contributed by atoms with Crippen LogP contribution in [0, 0.1) is 6.92 Å². The van der Waals surface area contributed by atoms with Crippen LogP contribution >= 0.6 is 23.1 Å². The molecule has 1 fully saturated rings. The molecule has 2 aliphatic heterocycles. The van der Waals surface area contributed by atoms with Crippen LogP contribution in [0.5, 0.6) is 0 Å². The minimum atomic E-state index is -2.93. The fraction of sp³-hybridized carbons (Fsp3) is 0.400. The first-order valence-electron chi connectivity index (χ1n) is 9.48. The van der Waals surface area contributed by atoms with E-state index in [4.69, 9.17) is 0 Å². The zero-order chi connectivity index (χ0) is 20.4. The van der Waals surface area contributed by atoms with E-state index in [0.717, 1.165) is 22.8 Å². The summed E-state index contributed by atoms with van der Waals surface area (Å²) in [4.78, 5) is 18.0. The van der Waals surface area contributed by atoms with Crippen LogP contribution < -0.4 is 10.6 Å². The van der Waals surface area contributed by atoms with Crippen molar-refractivity contribution in [3.05, 3.63) is 51.7 Å². The van der Waals surface area contributed by atoms with Crippen LogP contribution in [0.15, 0.2) is 40.7 Å². The lowest BCUT2D eigenvalue weighted by atomic mass is 10.1. The summed E-state index contributed by atoms with van der Waals surface area (Å²) in [5.74, 6) is 0.372. The number of carbonyl (C=O) groups excluding carboxylic acids is 1. The molecule has 2 atom stereocenters. The van der Waals surface area contributed by atoms with Gasteiger partial charge < -0.3 is 10.6 Å². The number of thiophene rings is 1. The Kier molecular flexibility index (Phi) is 5.98. The molecule has 2 N–H and O–H groups in total. The first-order valence-corrected chi connectivity index (χ1v) is 13.1. The summed E-state index contributed by atoms with van der Waals surface area (Å²) < 4.78 is 23.3. The van der Waals surface area contributed by atoms with Crippen molar-refractivity contribution in [1.29, 1.82) is 0 Å². The number of aryl methyl sites for hydroxylation is 1. The van der Waals surface area contributed by atoms with Gasteiger partial charge in [-0.2, -0.15) is 0 Å². The smallest absolute Gasteiger partial charge is 0.224 e. The third-order valence-electron chi connectivity index (χ3n) is 5.03. The Hall–Kier alpha value is -1.84. The average molecular weight is 450 g/mol. The molecule has 1 aromatic heterocycles. The number of fused-ring (bicyclic) bond motifs is 1. The van der Waals surface area contributed by atoms with Gasteiger partial charge in [-0.15, -0.1) is 11.3 Å². The zero-order valence-corrected chi connectivity index (χ0v) is 18.5. The minimum Gasteiger partial charge on any atom is -0.355 e. The van der Waals surface area contributed by atoms with Crippen molar-refractivity contribution in [2.75, 3.05) is 23.4 Å². The number of thioether (sulfide) groups is 1.